The van der Waals surface area contributed by atoms with Crippen LogP contribution < -0.4 is 5.32 Å². The van der Waals surface area contributed by atoms with E-state index in [9.17, 15) is 14.7 Å². The Balaban J connectivity index is 2.36. The Bertz CT molecular complexity index is 699. The van der Waals surface area contributed by atoms with Crippen molar-refractivity contribution in [3.8, 4) is 0 Å². The van der Waals surface area contributed by atoms with Crippen LogP contribution in [0.15, 0.2) is 22.8 Å². The van der Waals surface area contributed by atoms with Crippen LogP contribution in [0.25, 0.3) is 0 Å². The number of furan rings is 1. The molecule has 2 rings (SSSR count). The summed E-state index contributed by atoms with van der Waals surface area (Å²) in [4.78, 5) is 27.5. The summed E-state index contributed by atoms with van der Waals surface area (Å²) in [6, 6.07) is 2.74. The highest BCUT2D eigenvalue weighted by atomic mass is 16.3. The first-order valence-corrected chi connectivity index (χ1v) is 7.55. The van der Waals surface area contributed by atoms with Gasteiger partial charge >= 0.3 is 0 Å². The summed E-state index contributed by atoms with van der Waals surface area (Å²) in [6.45, 7) is 6.85. The van der Waals surface area contributed by atoms with Gasteiger partial charge in [0, 0.05) is 11.3 Å². The third kappa shape index (κ3) is 3.37. The summed E-state index contributed by atoms with van der Waals surface area (Å²) in [5, 5.41) is 12.2. The van der Waals surface area contributed by atoms with Crippen LogP contribution in [-0.2, 0) is 0 Å². The molecule has 0 aliphatic carbocycles. The Morgan fingerprint density at radius 3 is 2.57 bits per heavy atom. The van der Waals surface area contributed by atoms with Crippen molar-refractivity contribution >= 4 is 11.7 Å². The Morgan fingerprint density at radius 2 is 2.09 bits per heavy atom. The van der Waals surface area contributed by atoms with E-state index in [0.29, 0.717) is 28.3 Å². The molecular weight excluding hydrogens is 296 g/mol. The molecule has 0 bridgehead atoms. The highest BCUT2D eigenvalue weighted by molar-refractivity contribution is 6.03. The van der Waals surface area contributed by atoms with Gasteiger partial charge in [0.05, 0.1) is 12.9 Å². The van der Waals surface area contributed by atoms with Crippen molar-refractivity contribution in [2.45, 2.75) is 39.7 Å². The van der Waals surface area contributed by atoms with Crippen molar-refractivity contribution in [1.29, 1.82) is 0 Å². The molecule has 0 saturated heterocycles. The average molecular weight is 318 g/mol. The van der Waals surface area contributed by atoms with Gasteiger partial charge in [0.25, 0.3) is 5.91 Å². The number of hydrogen-bond donors (Lipinski definition) is 3. The fraction of sp³-hybridized carbons (Fsp3) is 0.412. The quantitative estimate of drug-likeness (QED) is 0.714. The largest absolute Gasteiger partial charge is 0.467 e. The van der Waals surface area contributed by atoms with Crippen LogP contribution in [-0.4, -0.2) is 28.4 Å². The molecule has 0 fully saturated rings. The zero-order chi connectivity index (χ0) is 17.1. The van der Waals surface area contributed by atoms with Gasteiger partial charge in [-0.05, 0) is 37.5 Å². The molecule has 2 aromatic heterocycles. The Kier molecular flexibility index (Phi) is 5.05. The topological polar surface area (TPSA) is 95.3 Å². The maximum atomic E-state index is 12.6. The SMILES string of the molecule is CC(=O)c1c(C)[nH]c(C(=O)NC(CO)c2ccco2)c1C(C)C. The molecular formula is C17H22N2O4. The zero-order valence-electron chi connectivity index (χ0n) is 13.8. The van der Waals surface area contributed by atoms with E-state index < -0.39 is 6.04 Å². The summed E-state index contributed by atoms with van der Waals surface area (Å²) < 4.78 is 5.23. The number of rotatable bonds is 6. The van der Waals surface area contributed by atoms with E-state index >= 15 is 0 Å². The van der Waals surface area contributed by atoms with Crippen LogP contribution in [0.5, 0.6) is 0 Å². The van der Waals surface area contributed by atoms with E-state index in [-0.39, 0.29) is 24.2 Å². The van der Waals surface area contributed by atoms with Crippen molar-refractivity contribution in [3.63, 3.8) is 0 Å². The monoisotopic (exact) mass is 318 g/mol. The smallest absolute Gasteiger partial charge is 0.268 e. The van der Waals surface area contributed by atoms with Crippen molar-refractivity contribution in [1.82, 2.24) is 10.3 Å². The fourth-order valence-corrected chi connectivity index (χ4v) is 2.78. The summed E-state index contributed by atoms with van der Waals surface area (Å²) in [6.07, 6.45) is 1.48. The van der Waals surface area contributed by atoms with Gasteiger partial charge in [0.15, 0.2) is 5.78 Å². The molecule has 1 atom stereocenters. The number of aromatic amines is 1. The van der Waals surface area contributed by atoms with Crippen LogP contribution in [0.1, 0.15) is 70.6 Å². The number of aryl methyl sites for hydroxylation is 1. The minimum absolute atomic E-state index is 0.00999. The van der Waals surface area contributed by atoms with Gasteiger partial charge in [0.1, 0.15) is 17.5 Å². The van der Waals surface area contributed by atoms with Crippen molar-refractivity contribution in [2.75, 3.05) is 6.61 Å². The predicted octanol–water partition coefficient (Wildman–Crippen LogP) is 2.71. The molecule has 23 heavy (non-hydrogen) atoms. The number of ketones is 1. The number of amides is 1. The van der Waals surface area contributed by atoms with Crippen molar-refractivity contribution < 1.29 is 19.1 Å². The minimum atomic E-state index is -0.637. The second-order valence-electron chi connectivity index (χ2n) is 5.85. The van der Waals surface area contributed by atoms with E-state index in [1.165, 1.54) is 13.2 Å². The molecule has 0 spiro atoms. The van der Waals surface area contributed by atoms with Gasteiger partial charge in [-0.25, -0.2) is 0 Å². The highest BCUT2D eigenvalue weighted by Crippen LogP contribution is 2.27. The van der Waals surface area contributed by atoms with Gasteiger partial charge < -0.3 is 19.8 Å². The lowest BCUT2D eigenvalue weighted by Crippen LogP contribution is -2.31. The number of aliphatic hydroxyl groups excluding tert-OH is 1. The number of carbonyl (C=O) groups excluding carboxylic acids is 2. The lowest BCUT2D eigenvalue weighted by molar-refractivity contribution is 0.0901. The van der Waals surface area contributed by atoms with Crippen molar-refractivity contribution in [3.05, 3.63) is 46.7 Å². The van der Waals surface area contributed by atoms with Crippen LogP contribution in [0.3, 0.4) is 0 Å². The van der Waals surface area contributed by atoms with E-state index in [2.05, 4.69) is 10.3 Å². The molecule has 0 aromatic carbocycles. The molecule has 0 radical (unpaired) electrons. The van der Waals surface area contributed by atoms with Gasteiger partial charge in [-0.1, -0.05) is 13.8 Å². The molecule has 3 N–H and O–H groups in total. The van der Waals surface area contributed by atoms with Crippen LogP contribution in [0.2, 0.25) is 0 Å². The standard InChI is InChI=1S/C17H22N2O4/c1-9(2)14-15(11(4)21)10(3)18-16(14)17(22)19-12(8-20)13-6-5-7-23-13/h5-7,9,12,18,20H,8H2,1-4H3,(H,19,22). The lowest BCUT2D eigenvalue weighted by atomic mass is 9.95. The number of aromatic nitrogens is 1. The number of carbonyl (C=O) groups is 2. The second kappa shape index (κ2) is 6.83. The third-order valence-corrected chi connectivity index (χ3v) is 3.76. The Labute approximate surface area is 134 Å². The number of nitrogens with one attached hydrogen (secondary N) is 2. The van der Waals surface area contributed by atoms with E-state index in [4.69, 9.17) is 4.42 Å². The summed E-state index contributed by atoms with van der Waals surface area (Å²) >= 11 is 0. The van der Waals surface area contributed by atoms with Gasteiger partial charge in [-0.2, -0.15) is 0 Å². The first-order valence-electron chi connectivity index (χ1n) is 7.55. The zero-order valence-corrected chi connectivity index (χ0v) is 13.8. The van der Waals surface area contributed by atoms with E-state index in [1.54, 1.807) is 19.1 Å². The van der Waals surface area contributed by atoms with Gasteiger partial charge in [-0.15, -0.1) is 0 Å². The second-order valence-corrected chi connectivity index (χ2v) is 5.85. The molecule has 1 amide bonds. The molecule has 6 heteroatoms. The summed E-state index contributed by atoms with van der Waals surface area (Å²) in [5.41, 5.74) is 2.28. The van der Waals surface area contributed by atoms with Gasteiger partial charge in [-0.3, -0.25) is 9.59 Å². The molecule has 0 aliphatic rings. The number of aliphatic hydroxyl groups is 1. The molecule has 0 saturated carbocycles. The van der Waals surface area contributed by atoms with Gasteiger partial charge in [0.2, 0.25) is 0 Å². The molecule has 2 heterocycles. The van der Waals surface area contributed by atoms with Crippen molar-refractivity contribution in [2.24, 2.45) is 0 Å². The maximum absolute atomic E-state index is 12.6. The molecule has 0 aliphatic heterocycles. The number of Topliss-reactive ketones (excluding diaryl/α,β-unsaturated/α-hetero) is 1. The number of hydrogen-bond acceptors (Lipinski definition) is 4. The minimum Gasteiger partial charge on any atom is -0.467 e. The first kappa shape index (κ1) is 17.0. The van der Waals surface area contributed by atoms with E-state index in [1.807, 2.05) is 13.8 Å². The summed E-state index contributed by atoms with van der Waals surface area (Å²) in [5.74, 6) is 0.0313. The molecule has 2 aromatic rings. The summed E-state index contributed by atoms with van der Waals surface area (Å²) in [7, 11) is 0. The lowest BCUT2D eigenvalue weighted by Gasteiger charge is -2.15. The Hall–Kier alpha value is -2.34. The predicted molar refractivity (Wildman–Crippen MR) is 85.6 cm³/mol. The average Bonchev–Trinajstić information content (AvgIpc) is 3.11. The van der Waals surface area contributed by atoms with Crippen LogP contribution in [0, 0.1) is 6.92 Å². The number of H-pyrrole nitrogens is 1. The normalized spacial score (nSPS) is 12.4. The first-order chi connectivity index (χ1) is 10.9. The van der Waals surface area contributed by atoms with E-state index in [0.717, 1.165) is 0 Å². The van der Waals surface area contributed by atoms with Crippen LogP contribution in [0.4, 0.5) is 0 Å². The Morgan fingerprint density at radius 1 is 1.39 bits per heavy atom. The molecule has 124 valence electrons. The third-order valence-electron chi connectivity index (χ3n) is 3.76. The van der Waals surface area contributed by atoms with Crippen LogP contribution >= 0.6 is 0 Å². The highest BCUT2D eigenvalue weighted by Gasteiger charge is 2.26. The molecule has 6 nitrogen and oxygen atoms in total. The molecule has 1 unspecified atom stereocenters. The maximum Gasteiger partial charge on any atom is 0.268 e. The fourth-order valence-electron chi connectivity index (χ4n) is 2.78.